The van der Waals surface area contributed by atoms with Gasteiger partial charge < -0.3 is 10.6 Å². The normalized spacial score (nSPS) is 22.9. The lowest BCUT2D eigenvalue weighted by Crippen LogP contribution is -2.43. The van der Waals surface area contributed by atoms with Gasteiger partial charge in [0.25, 0.3) is 0 Å². The fraction of sp³-hybridized carbons (Fsp3) is 0.500. The third-order valence-electron chi connectivity index (χ3n) is 3.63. The number of halogens is 2. The van der Waals surface area contributed by atoms with Crippen molar-refractivity contribution in [3.8, 4) is 0 Å². The molecule has 5 heteroatoms. The predicted octanol–water partition coefficient (Wildman–Crippen LogP) is 4.86. The van der Waals surface area contributed by atoms with E-state index in [1.165, 1.54) is 25.7 Å². The molecule has 1 aliphatic carbocycles. The van der Waals surface area contributed by atoms with E-state index in [1.54, 1.807) is 6.07 Å². The molecule has 0 bridgehead atoms. The Kier molecular flexibility index (Phi) is 5.31. The van der Waals surface area contributed by atoms with Crippen LogP contribution in [0.2, 0.25) is 10.0 Å². The molecule has 2 rings (SSSR count). The fourth-order valence-corrected chi connectivity index (χ4v) is 3.07. The Morgan fingerprint density at radius 3 is 2.74 bits per heavy atom. The molecule has 0 spiro atoms. The van der Waals surface area contributed by atoms with Gasteiger partial charge in [-0.25, -0.2) is 0 Å². The molecule has 2 nitrogen and oxygen atoms in total. The molecule has 2 unspecified atom stereocenters. The molecule has 2 N–H and O–H groups in total. The summed E-state index contributed by atoms with van der Waals surface area (Å²) in [4.78, 5) is 0. The molecule has 0 heterocycles. The van der Waals surface area contributed by atoms with Crippen molar-refractivity contribution in [1.29, 1.82) is 0 Å². The van der Waals surface area contributed by atoms with Gasteiger partial charge in [0.1, 0.15) is 0 Å². The minimum Gasteiger partial charge on any atom is -0.359 e. The number of benzene rings is 1. The van der Waals surface area contributed by atoms with Crippen LogP contribution in [-0.2, 0) is 0 Å². The third kappa shape index (κ3) is 3.98. The summed E-state index contributed by atoms with van der Waals surface area (Å²) >= 11 is 17.5. The average Bonchev–Trinajstić information content (AvgIpc) is 2.38. The first-order valence-electron chi connectivity index (χ1n) is 6.59. The van der Waals surface area contributed by atoms with Crippen molar-refractivity contribution in [3.05, 3.63) is 28.2 Å². The van der Waals surface area contributed by atoms with Crippen LogP contribution in [-0.4, -0.2) is 11.2 Å². The highest BCUT2D eigenvalue weighted by atomic mass is 35.5. The lowest BCUT2D eigenvalue weighted by Gasteiger charge is -2.30. The van der Waals surface area contributed by atoms with Crippen molar-refractivity contribution in [3.63, 3.8) is 0 Å². The van der Waals surface area contributed by atoms with Gasteiger partial charge in [0, 0.05) is 6.04 Å². The molecular weight excluding hydrogens is 299 g/mol. The number of hydrogen-bond acceptors (Lipinski definition) is 1. The van der Waals surface area contributed by atoms with Crippen LogP contribution in [0.3, 0.4) is 0 Å². The van der Waals surface area contributed by atoms with Gasteiger partial charge in [-0.1, -0.05) is 49.0 Å². The molecule has 19 heavy (non-hydrogen) atoms. The minimum atomic E-state index is 0.451. The van der Waals surface area contributed by atoms with Crippen LogP contribution in [0.25, 0.3) is 0 Å². The van der Waals surface area contributed by atoms with Crippen molar-refractivity contribution in [1.82, 2.24) is 5.32 Å². The lowest BCUT2D eigenvalue weighted by molar-refractivity contribution is 0.309. The number of nitrogens with one attached hydrogen (secondary N) is 2. The van der Waals surface area contributed by atoms with Crippen LogP contribution in [0.5, 0.6) is 0 Å². The van der Waals surface area contributed by atoms with Crippen LogP contribution in [0.1, 0.15) is 32.6 Å². The zero-order valence-electron chi connectivity index (χ0n) is 10.9. The highest BCUT2D eigenvalue weighted by Gasteiger charge is 2.21. The lowest BCUT2D eigenvalue weighted by atomic mass is 9.86. The van der Waals surface area contributed by atoms with E-state index in [0.717, 1.165) is 5.69 Å². The first-order valence-corrected chi connectivity index (χ1v) is 7.76. The van der Waals surface area contributed by atoms with E-state index < -0.39 is 0 Å². The quantitative estimate of drug-likeness (QED) is 0.762. The standard InChI is InChI=1S/C14H18Cl2N2S/c1-9-5-2-3-7-11(9)17-14(19)18-12-8-4-6-10(15)13(12)16/h4,6,8-9,11H,2-3,5,7H2,1H3,(H2,17,18,19). The third-order valence-corrected chi connectivity index (χ3v) is 4.67. The Hall–Kier alpha value is -0.510. The molecule has 0 amide bonds. The summed E-state index contributed by atoms with van der Waals surface area (Å²) in [6, 6.07) is 5.93. The summed E-state index contributed by atoms with van der Waals surface area (Å²) in [5.41, 5.74) is 0.745. The molecule has 0 aromatic heterocycles. The summed E-state index contributed by atoms with van der Waals surface area (Å²) in [7, 11) is 0. The number of thiocarbonyl (C=S) groups is 1. The zero-order valence-corrected chi connectivity index (χ0v) is 13.2. The maximum absolute atomic E-state index is 6.13. The monoisotopic (exact) mass is 316 g/mol. The molecule has 1 aromatic carbocycles. The van der Waals surface area contributed by atoms with Crippen LogP contribution in [0, 0.1) is 5.92 Å². The highest BCUT2D eigenvalue weighted by molar-refractivity contribution is 7.80. The molecule has 1 saturated carbocycles. The average molecular weight is 317 g/mol. The van der Waals surface area contributed by atoms with Crippen LogP contribution in [0.15, 0.2) is 18.2 Å². The van der Waals surface area contributed by atoms with E-state index in [-0.39, 0.29) is 0 Å². The van der Waals surface area contributed by atoms with Gasteiger partial charge in [-0.3, -0.25) is 0 Å². The van der Waals surface area contributed by atoms with E-state index in [4.69, 9.17) is 35.4 Å². The Morgan fingerprint density at radius 2 is 2.00 bits per heavy atom. The molecular formula is C14H18Cl2N2S. The first-order chi connectivity index (χ1) is 9.08. The van der Waals surface area contributed by atoms with Gasteiger partial charge >= 0.3 is 0 Å². The molecule has 0 saturated heterocycles. The number of hydrogen-bond donors (Lipinski definition) is 2. The summed E-state index contributed by atoms with van der Waals surface area (Å²) in [6.45, 7) is 2.27. The molecule has 2 atom stereocenters. The fourth-order valence-electron chi connectivity index (χ4n) is 2.46. The van der Waals surface area contributed by atoms with Crippen molar-refractivity contribution >= 4 is 46.2 Å². The van der Waals surface area contributed by atoms with Gasteiger partial charge in [-0.05, 0) is 43.1 Å². The molecule has 1 aliphatic rings. The predicted molar refractivity (Wildman–Crippen MR) is 87.2 cm³/mol. The maximum atomic E-state index is 6.13. The largest absolute Gasteiger partial charge is 0.359 e. The van der Waals surface area contributed by atoms with Crippen molar-refractivity contribution < 1.29 is 0 Å². The summed E-state index contributed by atoms with van der Waals surface area (Å²) in [5, 5.41) is 8.15. The Morgan fingerprint density at radius 1 is 1.26 bits per heavy atom. The minimum absolute atomic E-state index is 0.451. The van der Waals surface area contributed by atoms with Gasteiger partial charge in [0.15, 0.2) is 5.11 Å². The molecule has 0 radical (unpaired) electrons. The SMILES string of the molecule is CC1CCCCC1NC(=S)Nc1cccc(Cl)c1Cl. The second-order valence-corrected chi connectivity index (χ2v) is 6.26. The number of rotatable bonds is 2. The van der Waals surface area contributed by atoms with Gasteiger partial charge in [0.2, 0.25) is 0 Å². The topological polar surface area (TPSA) is 24.1 Å². The Bertz CT molecular complexity index is 465. The second kappa shape index (κ2) is 6.78. The summed E-state index contributed by atoms with van der Waals surface area (Å²) in [5.74, 6) is 0.656. The van der Waals surface area contributed by atoms with Gasteiger partial charge in [-0.15, -0.1) is 0 Å². The smallest absolute Gasteiger partial charge is 0.171 e. The molecule has 1 fully saturated rings. The van der Waals surface area contributed by atoms with Crippen molar-refractivity contribution in [2.75, 3.05) is 5.32 Å². The zero-order chi connectivity index (χ0) is 13.8. The molecule has 104 valence electrons. The van der Waals surface area contributed by atoms with E-state index in [1.807, 2.05) is 12.1 Å². The second-order valence-electron chi connectivity index (χ2n) is 5.07. The van der Waals surface area contributed by atoms with Crippen LogP contribution >= 0.6 is 35.4 Å². The Balaban J connectivity index is 1.95. The molecule has 0 aliphatic heterocycles. The van der Waals surface area contributed by atoms with Crippen LogP contribution in [0.4, 0.5) is 5.69 Å². The maximum Gasteiger partial charge on any atom is 0.171 e. The highest BCUT2D eigenvalue weighted by Crippen LogP contribution is 2.29. The van der Waals surface area contributed by atoms with E-state index in [0.29, 0.717) is 27.1 Å². The van der Waals surface area contributed by atoms with Crippen molar-refractivity contribution in [2.24, 2.45) is 5.92 Å². The Labute approximate surface area is 129 Å². The summed E-state index contributed by atoms with van der Waals surface area (Å²) in [6.07, 6.45) is 5.02. The number of anilines is 1. The van der Waals surface area contributed by atoms with E-state index >= 15 is 0 Å². The van der Waals surface area contributed by atoms with Gasteiger partial charge in [0.05, 0.1) is 15.7 Å². The first kappa shape index (κ1) is 14.9. The van der Waals surface area contributed by atoms with Crippen molar-refractivity contribution in [2.45, 2.75) is 38.6 Å². The van der Waals surface area contributed by atoms with E-state index in [9.17, 15) is 0 Å². The van der Waals surface area contributed by atoms with Gasteiger partial charge in [-0.2, -0.15) is 0 Å². The van der Waals surface area contributed by atoms with Crippen LogP contribution < -0.4 is 10.6 Å². The van der Waals surface area contributed by atoms with E-state index in [2.05, 4.69) is 17.6 Å². The molecule has 1 aromatic rings. The summed E-state index contributed by atoms with van der Waals surface area (Å²) < 4.78 is 0.